The lowest BCUT2D eigenvalue weighted by atomic mass is 10.0. The molecule has 0 fully saturated rings. The van der Waals surface area contributed by atoms with Crippen molar-refractivity contribution in [3.63, 3.8) is 0 Å². The van der Waals surface area contributed by atoms with E-state index in [0.717, 1.165) is 5.56 Å². The van der Waals surface area contributed by atoms with Crippen LogP contribution in [0.5, 0.6) is 0 Å². The van der Waals surface area contributed by atoms with Crippen LogP contribution < -0.4 is 0 Å². The molecule has 2 unspecified atom stereocenters. The van der Waals surface area contributed by atoms with Crippen molar-refractivity contribution in [3.05, 3.63) is 35.9 Å². The third kappa shape index (κ3) is 14.6. The summed E-state index contributed by atoms with van der Waals surface area (Å²) in [6, 6.07) is 9.25. The van der Waals surface area contributed by atoms with E-state index in [1.54, 1.807) is 6.92 Å². The Balaban J connectivity index is -0.0000000971. The summed E-state index contributed by atoms with van der Waals surface area (Å²) in [6.45, 7) is 6.07. The van der Waals surface area contributed by atoms with Gasteiger partial charge in [-0.1, -0.05) is 60.0 Å². The number of hydrogen-bond donors (Lipinski definition) is 0. The summed E-state index contributed by atoms with van der Waals surface area (Å²) in [7, 11) is 2.83. The molecule has 0 amide bonds. The van der Waals surface area contributed by atoms with E-state index in [9.17, 15) is 14.4 Å². The van der Waals surface area contributed by atoms with Crippen LogP contribution in [0.3, 0.4) is 0 Å². The lowest BCUT2D eigenvalue weighted by molar-refractivity contribution is -0.172. The van der Waals surface area contributed by atoms with Gasteiger partial charge in [-0.3, -0.25) is 9.59 Å². The van der Waals surface area contributed by atoms with Crippen LogP contribution >= 0.6 is 0 Å². The Hall–Kier alpha value is -1.99. The highest BCUT2D eigenvalue weighted by atomic mass is 16.6. The Morgan fingerprint density at radius 2 is 1.41 bits per heavy atom. The zero-order chi connectivity index (χ0) is 18.8. The molecule has 3 radical (unpaired) electrons. The fourth-order valence-corrected chi connectivity index (χ4v) is 1.40. The Kier molecular flexibility index (Phi) is 29.6. The maximum atomic E-state index is 11.7. The molecular formula is C22H42BO6. The van der Waals surface area contributed by atoms with Gasteiger partial charge in [0.05, 0.1) is 0 Å². The highest BCUT2D eigenvalue weighted by Gasteiger charge is 2.40. The highest BCUT2D eigenvalue weighted by molar-refractivity contribution is 6.05. The number of methoxy groups -OCH3 is 2. The second kappa shape index (κ2) is 20.7. The van der Waals surface area contributed by atoms with E-state index < -0.39 is 11.6 Å². The number of ketones is 2. The van der Waals surface area contributed by atoms with Crippen LogP contribution in [0.4, 0.5) is 0 Å². The minimum atomic E-state index is -1.52. The largest absolute Gasteiger partial charge is 0.458 e. The van der Waals surface area contributed by atoms with E-state index in [1.165, 1.54) is 35.0 Å². The molecule has 0 heterocycles. The molecule has 1 aromatic rings. The van der Waals surface area contributed by atoms with Gasteiger partial charge in [-0.05, 0) is 33.3 Å². The van der Waals surface area contributed by atoms with Crippen molar-refractivity contribution in [1.82, 2.24) is 0 Å². The van der Waals surface area contributed by atoms with E-state index in [0.29, 0.717) is 0 Å². The number of esters is 1. The summed E-state index contributed by atoms with van der Waals surface area (Å²) in [6.07, 6.45) is -0.236. The first-order valence-electron chi connectivity index (χ1n) is 7.49. The second-order valence-corrected chi connectivity index (χ2v) is 5.34. The smallest absolute Gasteiger partial charge is 0.346 e. The number of Topliss-reactive ketones (excluding diaryl/α,β-unsaturated/α-hetero) is 2. The van der Waals surface area contributed by atoms with Gasteiger partial charge in [-0.2, -0.15) is 0 Å². The molecule has 0 aliphatic rings. The molecule has 169 valence electrons. The molecule has 0 bridgehead atoms. The normalized spacial score (nSPS) is 11.4. The summed E-state index contributed by atoms with van der Waals surface area (Å²) >= 11 is 0. The number of hydrogen-bond acceptors (Lipinski definition) is 6. The van der Waals surface area contributed by atoms with E-state index in [2.05, 4.69) is 4.74 Å². The fraction of sp³-hybridized carbons (Fsp3) is 0.591. The number of rotatable bonds is 7. The van der Waals surface area contributed by atoms with Gasteiger partial charge in [-0.15, -0.1) is 0 Å². The van der Waals surface area contributed by atoms with Gasteiger partial charge in [0.2, 0.25) is 5.60 Å². The molecule has 0 spiro atoms. The molecule has 2 atom stereocenters. The molecule has 0 saturated heterocycles. The van der Waals surface area contributed by atoms with Crippen molar-refractivity contribution < 1.29 is 28.6 Å². The maximum Gasteiger partial charge on any atom is 0.346 e. The molecule has 0 saturated carbocycles. The number of ether oxygens (including phenoxy) is 3. The standard InChI is InChI=1S/C13H16O4.C5H10O2.4CH4.B/c1-10(14)13(2,16-3)12(15)17-9-11-7-5-4-6-8-11;1-4(6)5(2)7-3;;;;;/h4-8H,9H2,1-3H3;5H,1-3H3;4*1H4;. The van der Waals surface area contributed by atoms with Gasteiger partial charge in [0.1, 0.15) is 12.7 Å². The van der Waals surface area contributed by atoms with Crippen LogP contribution in [0.15, 0.2) is 30.3 Å². The third-order valence-electron chi connectivity index (χ3n) is 3.61. The third-order valence-corrected chi connectivity index (χ3v) is 3.61. The van der Waals surface area contributed by atoms with Crippen molar-refractivity contribution in [2.75, 3.05) is 14.2 Å². The van der Waals surface area contributed by atoms with E-state index in [1.807, 2.05) is 30.3 Å². The average molecular weight is 413 g/mol. The molecule has 29 heavy (non-hydrogen) atoms. The average Bonchev–Trinajstić information content (AvgIpc) is 2.59. The van der Waals surface area contributed by atoms with Crippen molar-refractivity contribution in [3.8, 4) is 0 Å². The maximum absolute atomic E-state index is 11.7. The first kappa shape index (κ1) is 41.4. The number of benzene rings is 1. The molecule has 0 N–H and O–H groups in total. The summed E-state index contributed by atoms with van der Waals surface area (Å²) in [5, 5.41) is 0. The Bertz CT molecular complexity index is 547. The molecule has 0 aliphatic heterocycles. The van der Waals surface area contributed by atoms with Crippen molar-refractivity contribution in [1.29, 1.82) is 0 Å². The number of carbonyl (C=O) groups excluding carboxylic acids is 3. The Morgan fingerprint density at radius 1 is 0.966 bits per heavy atom. The summed E-state index contributed by atoms with van der Waals surface area (Å²) in [4.78, 5) is 33.3. The van der Waals surface area contributed by atoms with Crippen LogP contribution in [-0.2, 0) is 35.2 Å². The van der Waals surface area contributed by atoms with Gasteiger partial charge < -0.3 is 14.2 Å². The Labute approximate surface area is 180 Å². The van der Waals surface area contributed by atoms with Crippen LogP contribution in [0.25, 0.3) is 0 Å². The van der Waals surface area contributed by atoms with E-state index in [4.69, 9.17) is 9.47 Å². The van der Waals surface area contributed by atoms with Crippen LogP contribution in [-0.4, -0.2) is 51.9 Å². The lowest BCUT2D eigenvalue weighted by Gasteiger charge is -2.22. The minimum Gasteiger partial charge on any atom is -0.458 e. The topological polar surface area (TPSA) is 78.9 Å². The fourth-order valence-electron chi connectivity index (χ4n) is 1.40. The zero-order valence-corrected chi connectivity index (χ0v) is 15.7. The van der Waals surface area contributed by atoms with Crippen LogP contribution in [0.1, 0.15) is 63.0 Å². The van der Waals surface area contributed by atoms with Crippen LogP contribution in [0, 0.1) is 0 Å². The zero-order valence-electron chi connectivity index (χ0n) is 15.7. The molecule has 0 aliphatic carbocycles. The van der Waals surface area contributed by atoms with Crippen molar-refractivity contribution in [2.24, 2.45) is 0 Å². The van der Waals surface area contributed by atoms with Crippen molar-refractivity contribution in [2.45, 2.75) is 75.7 Å². The van der Waals surface area contributed by atoms with Crippen LogP contribution in [0.2, 0.25) is 0 Å². The highest BCUT2D eigenvalue weighted by Crippen LogP contribution is 2.14. The molecule has 0 aromatic heterocycles. The summed E-state index contributed by atoms with van der Waals surface area (Å²) in [5.41, 5.74) is -0.655. The predicted octanol–water partition coefficient (Wildman–Crippen LogP) is 4.50. The Morgan fingerprint density at radius 3 is 1.69 bits per heavy atom. The monoisotopic (exact) mass is 413 g/mol. The van der Waals surface area contributed by atoms with Gasteiger partial charge in [-0.25, -0.2) is 4.79 Å². The quantitative estimate of drug-likeness (QED) is 0.372. The first-order valence-corrected chi connectivity index (χ1v) is 7.49. The molecule has 6 nitrogen and oxygen atoms in total. The van der Waals surface area contributed by atoms with Gasteiger partial charge in [0.15, 0.2) is 11.6 Å². The summed E-state index contributed by atoms with van der Waals surface area (Å²) < 4.78 is 14.6. The second-order valence-electron chi connectivity index (χ2n) is 5.34. The number of carbonyl (C=O) groups is 3. The van der Waals surface area contributed by atoms with E-state index >= 15 is 0 Å². The molecule has 7 heteroatoms. The SMILES string of the molecule is C.C.C.C.COC(C)(C(C)=O)C(=O)OCc1ccccc1.COC(C)C(C)=O.[B]. The first-order chi connectivity index (χ1) is 11.2. The van der Waals surface area contributed by atoms with Crippen molar-refractivity contribution >= 4 is 25.9 Å². The lowest BCUT2D eigenvalue weighted by Crippen LogP contribution is -2.45. The molecule has 1 aromatic carbocycles. The van der Waals surface area contributed by atoms with E-state index in [-0.39, 0.29) is 62.4 Å². The van der Waals surface area contributed by atoms with Gasteiger partial charge in [0, 0.05) is 22.6 Å². The molecule has 1 rings (SSSR count). The van der Waals surface area contributed by atoms with Gasteiger partial charge in [0.25, 0.3) is 0 Å². The minimum absolute atomic E-state index is 0. The van der Waals surface area contributed by atoms with Gasteiger partial charge >= 0.3 is 5.97 Å². The summed E-state index contributed by atoms with van der Waals surface area (Å²) in [5.74, 6) is -0.975. The predicted molar refractivity (Wildman–Crippen MR) is 122 cm³/mol. The molecular weight excluding hydrogens is 371 g/mol.